The number of carbonyl (C=O) groups is 4. The zero-order chi connectivity index (χ0) is 28.4. The van der Waals surface area contributed by atoms with Crippen molar-refractivity contribution < 1.29 is 38.5 Å². The zero-order valence-corrected chi connectivity index (χ0v) is 22.4. The summed E-state index contributed by atoms with van der Waals surface area (Å²) in [6, 6.07) is 14.9. The summed E-state index contributed by atoms with van der Waals surface area (Å²) in [6.07, 6.45) is 3.10. The Labute approximate surface area is 227 Å². The highest BCUT2D eigenvalue weighted by atomic mass is 16.5. The van der Waals surface area contributed by atoms with Gasteiger partial charge < -0.3 is 29.1 Å². The number of methoxy groups -OCH3 is 3. The molecule has 2 aliphatic heterocycles. The Morgan fingerprint density at radius 3 is 1.90 bits per heavy atom. The van der Waals surface area contributed by atoms with E-state index in [2.05, 4.69) is 0 Å². The van der Waals surface area contributed by atoms with Crippen LogP contribution in [0.25, 0.3) is 0 Å². The van der Waals surface area contributed by atoms with Crippen molar-refractivity contribution in [2.75, 3.05) is 27.9 Å². The minimum Gasteiger partial charge on any atom is -0.497 e. The van der Waals surface area contributed by atoms with Crippen molar-refractivity contribution in [1.29, 1.82) is 0 Å². The highest BCUT2D eigenvalue weighted by Crippen LogP contribution is 2.22. The predicted octanol–water partition coefficient (Wildman–Crippen LogP) is 3.39. The van der Waals surface area contributed by atoms with Gasteiger partial charge in [0.25, 0.3) is 0 Å². The van der Waals surface area contributed by atoms with Crippen molar-refractivity contribution in [3.8, 4) is 11.5 Å². The molecule has 2 aromatic carbocycles. The average Bonchev–Trinajstić information content (AvgIpc) is 2.96. The number of nitrogens with zero attached hydrogens (tertiary/aromatic N) is 2. The number of carboxylic acids is 1. The van der Waals surface area contributed by atoms with Crippen molar-refractivity contribution >= 4 is 23.8 Å². The zero-order valence-electron chi connectivity index (χ0n) is 22.4. The normalized spacial score (nSPS) is 17.0. The number of likely N-dealkylation sites (tertiary alicyclic amines) is 1. The first-order chi connectivity index (χ1) is 18.7. The third-order valence-corrected chi connectivity index (χ3v) is 6.58. The number of benzene rings is 2. The molecule has 0 aliphatic carbocycles. The highest BCUT2D eigenvalue weighted by Gasteiger charge is 2.30. The molecular formula is C29H34N2O8. The van der Waals surface area contributed by atoms with E-state index in [1.54, 1.807) is 30.2 Å². The number of esters is 1. The minimum atomic E-state index is -0.827. The summed E-state index contributed by atoms with van der Waals surface area (Å²) in [5, 5.41) is 9.02. The molecule has 2 amide bonds. The second kappa shape index (κ2) is 14.0. The Hall–Kier alpha value is -4.34. The van der Waals surface area contributed by atoms with Gasteiger partial charge in [-0.05, 0) is 48.2 Å². The molecule has 1 fully saturated rings. The molecule has 10 heteroatoms. The lowest BCUT2D eigenvalue weighted by Crippen LogP contribution is -2.41. The number of piperidine rings is 1. The van der Waals surface area contributed by atoms with E-state index in [4.69, 9.17) is 19.3 Å². The molecule has 1 atom stereocenters. The molecule has 1 unspecified atom stereocenters. The van der Waals surface area contributed by atoms with E-state index in [9.17, 15) is 19.2 Å². The molecule has 0 saturated carbocycles. The average molecular weight is 539 g/mol. The summed E-state index contributed by atoms with van der Waals surface area (Å²) in [5.74, 6) is -0.0937. The van der Waals surface area contributed by atoms with E-state index < -0.39 is 11.9 Å². The van der Waals surface area contributed by atoms with Gasteiger partial charge in [0, 0.05) is 32.1 Å². The highest BCUT2D eigenvalue weighted by molar-refractivity contribution is 5.92. The van der Waals surface area contributed by atoms with Crippen molar-refractivity contribution in [2.24, 2.45) is 5.92 Å². The van der Waals surface area contributed by atoms with Crippen LogP contribution in [0.3, 0.4) is 0 Å². The Morgan fingerprint density at radius 2 is 1.38 bits per heavy atom. The Balaban J connectivity index is 0.000000216. The van der Waals surface area contributed by atoms with Crippen molar-refractivity contribution in [1.82, 2.24) is 9.80 Å². The predicted molar refractivity (Wildman–Crippen MR) is 142 cm³/mol. The van der Waals surface area contributed by atoms with Crippen LogP contribution in [-0.2, 0) is 37.0 Å². The fraction of sp³-hybridized carbons (Fsp3) is 0.379. The molecule has 1 N–H and O–H groups in total. The molecule has 10 nitrogen and oxygen atoms in total. The summed E-state index contributed by atoms with van der Waals surface area (Å²) in [4.78, 5) is 49.3. The van der Waals surface area contributed by atoms with Crippen LogP contribution in [0.5, 0.6) is 11.5 Å². The van der Waals surface area contributed by atoms with E-state index in [0.717, 1.165) is 22.6 Å². The molecule has 0 spiro atoms. The van der Waals surface area contributed by atoms with Gasteiger partial charge in [-0.25, -0.2) is 4.79 Å². The maximum absolute atomic E-state index is 11.9. The van der Waals surface area contributed by atoms with Crippen LogP contribution in [0.2, 0.25) is 0 Å². The molecule has 2 aliphatic rings. The van der Waals surface area contributed by atoms with Crippen LogP contribution in [0.4, 0.5) is 0 Å². The molecular weight excluding hydrogens is 504 g/mol. The van der Waals surface area contributed by atoms with Crippen LogP contribution in [0.1, 0.15) is 36.8 Å². The summed E-state index contributed by atoms with van der Waals surface area (Å²) in [5.41, 5.74) is 2.47. The van der Waals surface area contributed by atoms with E-state index >= 15 is 0 Å². The molecule has 4 rings (SSSR count). The largest absolute Gasteiger partial charge is 0.497 e. The number of hydrogen-bond donors (Lipinski definition) is 1. The SMILES string of the molecule is COC(=O)C1=CN(Cc2ccc(OC)cc2)C(=O)CC1.COc1ccc(CN2CC(C(=O)O)CCC2=O)cc1. The Kier molecular flexibility index (Phi) is 10.5. The molecule has 208 valence electrons. The lowest BCUT2D eigenvalue weighted by Gasteiger charge is -2.30. The van der Waals surface area contributed by atoms with E-state index in [1.807, 2.05) is 48.5 Å². The van der Waals surface area contributed by atoms with Gasteiger partial charge in [0.1, 0.15) is 11.5 Å². The van der Waals surface area contributed by atoms with Gasteiger partial charge in [-0.15, -0.1) is 0 Å². The standard InChI is InChI=1S/C15H17NO4.C14H17NO4/c1-19-13-6-3-11(4-7-13)9-16-10-12(15(18)20-2)5-8-14(16)17;1-19-12-5-2-10(3-6-12)8-15-9-11(14(17)18)4-7-13(15)16/h3-4,6-7,10H,5,8-9H2,1-2H3;2-3,5-6,11H,4,7-9H2,1H3,(H,17,18). The maximum atomic E-state index is 11.9. The Morgan fingerprint density at radius 1 is 0.821 bits per heavy atom. The number of carbonyl (C=O) groups excluding carboxylic acids is 3. The van der Waals surface area contributed by atoms with E-state index in [1.165, 1.54) is 7.11 Å². The van der Waals surface area contributed by atoms with Gasteiger partial charge in [0.2, 0.25) is 11.8 Å². The monoisotopic (exact) mass is 538 g/mol. The van der Waals surface area contributed by atoms with Gasteiger partial charge >= 0.3 is 11.9 Å². The molecule has 1 saturated heterocycles. The number of aliphatic carboxylic acids is 1. The van der Waals surface area contributed by atoms with Crippen molar-refractivity contribution in [2.45, 2.75) is 38.8 Å². The summed E-state index contributed by atoms with van der Waals surface area (Å²) < 4.78 is 14.9. The van der Waals surface area contributed by atoms with Crippen LogP contribution < -0.4 is 9.47 Å². The first-order valence-electron chi connectivity index (χ1n) is 12.6. The smallest absolute Gasteiger partial charge is 0.335 e. The summed E-state index contributed by atoms with van der Waals surface area (Å²) >= 11 is 0. The van der Waals surface area contributed by atoms with E-state index in [0.29, 0.717) is 50.9 Å². The van der Waals surface area contributed by atoms with Crippen LogP contribution in [0, 0.1) is 5.92 Å². The third kappa shape index (κ3) is 8.33. The minimum absolute atomic E-state index is 0.00784. The first kappa shape index (κ1) is 29.2. The van der Waals surface area contributed by atoms with Gasteiger partial charge in [0.15, 0.2) is 0 Å². The van der Waals surface area contributed by atoms with Gasteiger partial charge in [-0.3, -0.25) is 14.4 Å². The van der Waals surface area contributed by atoms with Crippen LogP contribution >= 0.6 is 0 Å². The molecule has 0 radical (unpaired) electrons. The molecule has 39 heavy (non-hydrogen) atoms. The van der Waals surface area contributed by atoms with Crippen LogP contribution in [-0.4, -0.2) is 66.5 Å². The molecule has 2 heterocycles. The summed E-state index contributed by atoms with van der Waals surface area (Å²) in [7, 11) is 4.54. The fourth-order valence-corrected chi connectivity index (χ4v) is 4.28. The molecule has 2 aromatic rings. The number of amides is 2. The number of hydrogen-bond acceptors (Lipinski definition) is 7. The van der Waals surface area contributed by atoms with Gasteiger partial charge in [-0.2, -0.15) is 0 Å². The fourth-order valence-electron chi connectivity index (χ4n) is 4.28. The second-order valence-corrected chi connectivity index (χ2v) is 9.21. The lowest BCUT2D eigenvalue weighted by molar-refractivity contribution is -0.147. The van der Waals surface area contributed by atoms with Gasteiger partial charge in [-0.1, -0.05) is 24.3 Å². The van der Waals surface area contributed by atoms with Crippen LogP contribution in [0.15, 0.2) is 60.3 Å². The number of carboxylic acid groups (broad SMARTS) is 1. The Bertz CT molecular complexity index is 1190. The topological polar surface area (TPSA) is 123 Å². The second-order valence-electron chi connectivity index (χ2n) is 9.21. The number of rotatable bonds is 8. The third-order valence-electron chi connectivity index (χ3n) is 6.58. The van der Waals surface area contributed by atoms with Gasteiger partial charge in [0.05, 0.1) is 39.4 Å². The quantitative estimate of drug-likeness (QED) is 0.508. The first-order valence-corrected chi connectivity index (χ1v) is 12.6. The van der Waals surface area contributed by atoms with Crippen molar-refractivity contribution in [3.63, 3.8) is 0 Å². The lowest BCUT2D eigenvalue weighted by atomic mass is 9.97. The van der Waals surface area contributed by atoms with Crippen molar-refractivity contribution in [3.05, 3.63) is 71.4 Å². The number of ether oxygens (including phenoxy) is 3. The van der Waals surface area contributed by atoms with E-state index in [-0.39, 0.29) is 17.8 Å². The maximum Gasteiger partial charge on any atom is 0.335 e. The molecule has 0 aromatic heterocycles. The molecule has 0 bridgehead atoms. The summed E-state index contributed by atoms with van der Waals surface area (Å²) in [6.45, 7) is 1.18.